The van der Waals surface area contributed by atoms with Crippen molar-refractivity contribution in [2.75, 3.05) is 31.6 Å². The lowest BCUT2D eigenvalue weighted by Gasteiger charge is -2.36. The predicted molar refractivity (Wildman–Crippen MR) is 127 cm³/mol. The van der Waals surface area contributed by atoms with Crippen LogP contribution in [0.2, 0.25) is 0 Å². The molecule has 3 aromatic rings. The van der Waals surface area contributed by atoms with Crippen molar-refractivity contribution in [2.24, 2.45) is 5.41 Å². The van der Waals surface area contributed by atoms with Gasteiger partial charge < -0.3 is 24.9 Å². The number of halogens is 1. The van der Waals surface area contributed by atoms with Crippen molar-refractivity contribution in [1.82, 2.24) is 24.8 Å². The fourth-order valence-corrected chi connectivity index (χ4v) is 3.72. The van der Waals surface area contributed by atoms with Crippen LogP contribution in [0, 0.1) is 22.7 Å². The molecule has 1 aliphatic heterocycles. The second kappa shape index (κ2) is 10.7. The Morgan fingerprint density at radius 2 is 1.97 bits per heavy atom. The molecule has 12 nitrogen and oxygen atoms in total. The van der Waals surface area contributed by atoms with E-state index in [1.807, 2.05) is 6.19 Å². The van der Waals surface area contributed by atoms with Crippen molar-refractivity contribution in [2.45, 2.75) is 20.1 Å². The van der Waals surface area contributed by atoms with E-state index >= 15 is 0 Å². The number of carbonyl (C=O) groups excluding carboxylic acids is 1. The maximum absolute atomic E-state index is 13.6. The number of nitrogens with one attached hydrogen (secondary N) is 2. The first-order chi connectivity index (χ1) is 17.7. The Morgan fingerprint density at radius 3 is 2.59 bits per heavy atom. The first kappa shape index (κ1) is 25.7. The lowest BCUT2D eigenvalue weighted by molar-refractivity contribution is -0.233. The molecule has 1 aromatic carbocycles. The second-order valence-corrected chi connectivity index (χ2v) is 8.53. The smallest absolute Gasteiger partial charge is 0.322 e. The van der Waals surface area contributed by atoms with Crippen LogP contribution in [0.15, 0.2) is 36.5 Å². The van der Waals surface area contributed by atoms with Gasteiger partial charge in [0.1, 0.15) is 12.4 Å². The highest BCUT2D eigenvalue weighted by Gasteiger charge is 2.43. The first-order valence-electron chi connectivity index (χ1n) is 11.3. The predicted octanol–water partition coefficient (Wildman–Crippen LogP) is 2.55. The Hall–Kier alpha value is -4.41. The van der Waals surface area contributed by atoms with Crippen molar-refractivity contribution in [3.05, 3.63) is 48.2 Å². The third-order valence-electron chi connectivity index (χ3n) is 5.68. The number of anilines is 1. The van der Waals surface area contributed by atoms with Crippen LogP contribution >= 0.6 is 0 Å². The van der Waals surface area contributed by atoms with Crippen molar-refractivity contribution in [1.29, 1.82) is 5.26 Å². The highest BCUT2D eigenvalue weighted by Crippen LogP contribution is 2.36. The lowest BCUT2D eigenvalue weighted by Crippen LogP contribution is -2.48. The Labute approximate surface area is 211 Å². The van der Waals surface area contributed by atoms with Gasteiger partial charge >= 0.3 is 5.97 Å². The summed E-state index contributed by atoms with van der Waals surface area (Å²) in [4.78, 5) is 40.9. The average Bonchev–Trinajstić information content (AvgIpc) is 3.34. The topological polar surface area (TPSA) is 166 Å². The van der Waals surface area contributed by atoms with E-state index in [0.717, 1.165) is 4.90 Å². The summed E-state index contributed by atoms with van der Waals surface area (Å²) in [6, 6.07) is 7.32. The van der Waals surface area contributed by atoms with E-state index in [4.69, 9.17) is 14.6 Å². The van der Waals surface area contributed by atoms with Gasteiger partial charge in [-0.25, -0.2) is 24.2 Å². The van der Waals surface area contributed by atoms with E-state index in [0.29, 0.717) is 22.6 Å². The molecule has 0 radical (unpaired) electrons. The molecular weight excluding hydrogens is 485 g/mol. The summed E-state index contributed by atoms with van der Waals surface area (Å²) in [5.74, 6) is -1.50. The molecule has 1 saturated heterocycles. The number of aromatic nitrogens is 4. The number of aromatic amines is 1. The van der Waals surface area contributed by atoms with Crippen LogP contribution in [0.3, 0.4) is 0 Å². The number of hydrogen-bond donors (Lipinski definition) is 3. The summed E-state index contributed by atoms with van der Waals surface area (Å²) in [6.07, 6.45) is 2.38. The van der Waals surface area contributed by atoms with Crippen LogP contribution < -0.4 is 5.32 Å². The number of amides is 1. The van der Waals surface area contributed by atoms with Gasteiger partial charge in [0.2, 0.25) is 18.1 Å². The van der Waals surface area contributed by atoms with Gasteiger partial charge in [0.05, 0.1) is 35.7 Å². The lowest BCUT2D eigenvalue weighted by atomic mass is 9.90. The van der Waals surface area contributed by atoms with Crippen LogP contribution in [0.1, 0.15) is 26.0 Å². The third-order valence-corrected chi connectivity index (χ3v) is 5.68. The fourth-order valence-electron chi connectivity index (χ4n) is 3.72. The largest absolute Gasteiger partial charge is 0.480 e. The Kier molecular flexibility index (Phi) is 7.42. The molecule has 0 saturated carbocycles. The molecule has 1 aliphatic rings. The number of ether oxygens (including phenoxy) is 2. The molecule has 37 heavy (non-hydrogen) atoms. The second-order valence-electron chi connectivity index (χ2n) is 8.53. The molecule has 0 unspecified atom stereocenters. The quantitative estimate of drug-likeness (QED) is 0.303. The number of carboxylic acid groups (broad SMARTS) is 1. The summed E-state index contributed by atoms with van der Waals surface area (Å²) in [7, 11) is 0. The molecule has 0 spiro atoms. The number of imidazole rings is 1. The summed E-state index contributed by atoms with van der Waals surface area (Å²) >= 11 is 0. The van der Waals surface area contributed by atoms with E-state index in [1.165, 1.54) is 18.3 Å². The highest BCUT2D eigenvalue weighted by molar-refractivity contribution is 5.84. The van der Waals surface area contributed by atoms with Gasteiger partial charge in [-0.2, -0.15) is 5.26 Å². The number of carbonyl (C=O) groups is 2. The first-order valence-corrected chi connectivity index (χ1v) is 11.3. The summed E-state index contributed by atoms with van der Waals surface area (Å²) in [5.41, 5.74) is 0.802. The number of nitriles is 1. The van der Waals surface area contributed by atoms with Crippen molar-refractivity contribution >= 4 is 17.8 Å². The molecule has 4 rings (SSSR count). The van der Waals surface area contributed by atoms with E-state index in [1.54, 1.807) is 32.0 Å². The monoisotopic (exact) mass is 509 g/mol. The van der Waals surface area contributed by atoms with Crippen LogP contribution in [0.5, 0.6) is 0 Å². The van der Waals surface area contributed by atoms with E-state index < -0.39 is 29.4 Å². The summed E-state index contributed by atoms with van der Waals surface area (Å²) < 4.78 is 25.3. The van der Waals surface area contributed by atoms with Gasteiger partial charge in [-0.05, 0) is 44.2 Å². The molecule has 1 fully saturated rings. The molecule has 2 aromatic heterocycles. The van der Waals surface area contributed by atoms with Crippen LogP contribution in [-0.4, -0.2) is 68.1 Å². The van der Waals surface area contributed by atoms with Gasteiger partial charge in [0, 0.05) is 18.3 Å². The number of hydrogen-bond acceptors (Lipinski definition) is 9. The molecule has 0 bridgehead atoms. The van der Waals surface area contributed by atoms with E-state index in [9.17, 15) is 19.2 Å². The van der Waals surface area contributed by atoms with Crippen molar-refractivity contribution in [3.8, 4) is 28.8 Å². The zero-order valence-corrected chi connectivity index (χ0v) is 20.1. The molecular formula is C24H24FN7O5. The van der Waals surface area contributed by atoms with E-state index in [2.05, 4.69) is 25.3 Å². The minimum atomic E-state index is -1.07. The van der Waals surface area contributed by atoms with Gasteiger partial charge in [0.15, 0.2) is 12.0 Å². The van der Waals surface area contributed by atoms with Gasteiger partial charge in [-0.1, -0.05) is 0 Å². The number of benzene rings is 1. The summed E-state index contributed by atoms with van der Waals surface area (Å²) in [6.45, 7) is 3.22. The highest BCUT2D eigenvalue weighted by atomic mass is 19.1. The SMILES string of the molecule is CCN(C#N)C(=O)C1(C)COC(c2nc(-c3ccc(F)cc3)c(-c3ccnc(NCC(=O)O)n3)[nH]2)OC1. The van der Waals surface area contributed by atoms with Gasteiger partial charge in [0.25, 0.3) is 0 Å². The zero-order chi connectivity index (χ0) is 26.6. The summed E-state index contributed by atoms with van der Waals surface area (Å²) in [5, 5.41) is 20.7. The average molecular weight is 509 g/mol. The normalized spacial score (nSPS) is 19.1. The Balaban J connectivity index is 1.64. The Morgan fingerprint density at radius 1 is 1.27 bits per heavy atom. The molecule has 3 N–H and O–H groups in total. The molecule has 0 atom stereocenters. The number of carboxylic acids is 1. The number of aliphatic carboxylic acids is 1. The molecule has 13 heteroatoms. The van der Waals surface area contributed by atoms with Crippen molar-refractivity contribution in [3.63, 3.8) is 0 Å². The maximum Gasteiger partial charge on any atom is 0.322 e. The van der Waals surface area contributed by atoms with Gasteiger partial charge in [-0.3, -0.25) is 9.59 Å². The number of rotatable bonds is 8. The fraction of sp³-hybridized carbons (Fsp3) is 0.333. The van der Waals surface area contributed by atoms with Crippen LogP contribution in [0.25, 0.3) is 22.6 Å². The maximum atomic E-state index is 13.6. The minimum absolute atomic E-state index is 0.00659. The number of nitrogens with zero attached hydrogens (tertiary/aromatic N) is 5. The van der Waals surface area contributed by atoms with E-state index in [-0.39, 0.29) is 38.1 Å². The standard InChI is InChI=1S/C24H24FN7O5/c1-3-32(13-26)22(35)24(2)11-36-21(37-12-24)20-30-18(14-4-6-15(25)7-5-14)19(31-20)16-8-9-27-23(29-16)28-10-17(33)34/h4-9,21H,3,10-12H2,1-2H3,(H,30,31)(H,33,34)(H,27,28,29). The van der Waals surface area contributed by atoms with Crippen molar-refractivity contribution < 1.29 is 28.6 Å². The minimum Gasteiger partial charge on any atom is -0.480 e. The molecule has 1 amide bonds. The third kappa shape index (κ3) is 5.55. The van der Waals surface area contributed by atoms with Gasteiger partial charge in [-0.15, -0.1) is 0 Å². The molecule has 192 valence electrons. The molecule has 3 heterocycles. The Bertz CT molecular complexity index is 1330. The van der Waals surface area contributed by atoms with Crippen LogP contribution in [-0.2, 0) is 19.1 Å². The molecule has 0 aliphatic carbocycles. The number of H-pyrrole nitrogens is 1. The zero-order valence-electron chi connectivity index (χ0n) is 20.1. The van der Waals surface area contributed by atoms with Crippen LogP contribution in [0.4, 0.5) is 10.3 Å².